The summed E-state index contributed by atoms with van der Waals surface area (Å²) in [4.78, 5) is 11.2. The van der Waals surface area contributed by atoms with E-state index in [1.165, 1.54) is 0 Å². The molecule has 1 atom stereocenters. The molecule has 0 amide bonds. The standard InChI is InChI=1S/C16H24N4O3/c1-2-13(21-9-1)12-18-15-17-6-3-14(19-15)20-7-4-16(5-8-20)22-10-11-23-16/h3,6,13H,1-2,4-5,7-12H2,(H,17,18,19). The van der Waals surface area contributed by atoms with E-state index in [1.807, 2.05) is 12.3 Å². The summed E-state index contributed by atoms with van der Waals surface area (Å²) in [6.07, 6.45) is 6.13. The quantitative estimate of drug-likeness (QED) is 0.899. The first-order valence-electron chi connectivity index (χ1n) is 8.54. The van der Waals surface area contributed by atoms with E-state index < -0.39 is 0 Å². The van der Waals surface area contributed by atoms with Crippen molar-refractivity contribution in [3.05, 3.63) is 12.3 Å². The molecule has 126 valence electrons. The predicted octanol–water partition coefficient (Wildman–Crippen LogP) is 1.41. The molecule has 0 radical (unpaired) electrons. The predicted molar refractivity (Wildman–Crippen MR) is 85.6 cm³/mol. The number of hydrogen-bond acceptors (Lipinski definition) is 7. The van der Waals surface area contributed by atoms with Crippen LogP contribution in [-0.4, -0.2) is 61.3 Å². The van der Waals surface area contributed by atoms with Crippen molar-refractivity contribution in [2.75, 3.05) is 49.7 Å². The summed E-state index contributed by atoms with van der Waals surface area (Å²) < 4.78 is 17.2. The molecule has 4 heterocycles. The number of rotatable bonds is 4. The van der Waals surface area contributed by atoms with Gasteiger partial charge in [0.25, 0.3) is 0 Å². The van der Waals surface area contributed by atoms with E-state index in [0.29, 0.717) is 19.2 Å². The number of aromatic nitrogens is 2. The summed E-state index contributed by atoms with van der Waals surface area (Å²) in [6, 6.07) is 1.96. The Morgan fingerprint density at radius 3 is 2.78 bits per heavy atom. The van der Waals surface area contributed by atoms with Gasteiger partial charge in [0.15, 0.2) is 5.79 Å². The fraction of sp³-hybridized carbons (Fsp3) is 0.750. The van der Waals surface area contributed by atoms with Gasteiger partial charge in [-0.3, -0.25) is 0 Å². The number of piperidine rings is 1. The lowest BCUT2D eigenvalue weighted by molar-refractivity contribution is -0.169. The Hall–Kier alpha value is -1.44. The molecule has 0 aromatic carbocycles. The molecule has 3 aliphatic heterocycles. The van der Waals surface area contributed by atoms with Crippen molar-refractivity contribution >= 4 is 11.8 Å². The van der Waals surface area contributed by atoms with Crippen molar-refractivity contribution < 1.29 is 14.2 Å². The maximum Gasteiger partial charge on any atom is 0.224 e. The van der Waals surface area contributed by atoms with Crippen molar-refractivity contribution in [3.8, 4) is 0 Å². The zero-order valence-corrected chi connectivity index (χ0v) is 13.4. The minimum atomic E-state index is -0.343. The lowest BCUT2D eigenvalue weighted by Crippen LogP contribution is -2.45. The molecule has 23 heavy (non-hydrogen) atoms. The molecule has 1 N–H and O–H groups in total. The minimum Gasteiger partial charge on any atom is -0.376 e. The first kappa shape index (κ1) is 15.1. The summed E-state index contributed by atoms with van der Waals surface area (Å²) in [5, 5.41) is 3.29. The minimum absolute atomic E-state index is 0.286. The summed E-state index contributed by atoms with van der Waals surface area (Å²) in [5.74, 6) is 1.29. The van der Waals surface area contributed by atoms with E-state index in [2.05, 4.69) is 20.2 Å². The van der Waals surface area contributed by atoms with Gasteiger partial charge < -0.3 is 24.4 Å². The molecule has 4 rings (SSSR count). The molecular weight excluding hydrogens is 296 g/mol. The van der Waals surface area contributed by atoms with Gasteiger partial charge >= 0.3 is 0 Å². The molecule has 3 saturated heterocycles. The van der Waals surface area contributed by atoms with E-state index in [-0.39, 0.29) is 11.9 Å². The van der Waals surface area contributed by atoms with Crippen LogP contribution in [0.4, 0.5) is 11.8 Å². The van der Waals surface area contributed by atoms with Crippen LogP contribution >= 0.6 is 0 Å². The van der Waals surface area contributed by atoms with Gasteiger partial charge in [0.05, 0.1) is 19.3 Å². The molecular formula is C16H24N4O3. The van der Waals surface area contributed by atoms with Crippen LogP contribution in [0.2, 0.25) is 0 Å². The van der Waals surface area contributed by atoms with E-state index in [4.69, 9.17) is 14.2 Å². The van der Waals surface area contributed by atoms with Crippen molar-refractivity contribution in [2.24, 2.45) is 0 Å². The van der Waals surface area contributed by atoms with Crippen LogP contribution in [0.15, 0.2) is 12.3 Å². The average Bonchev–Trinajstić information content (AvgIpc) is 3.26. The fourth-order valence-corrected chi connectivity index (χ4v) is 3.48. The van der Waals surface area contributed by atoms with Gasteiger partial charge in [-0.2, -0.15) is 4.98 Å². The van der Waals surface area contributed by atoms with Crippen LogP contribution in [0.1, 0.15) is 25.7 Å². The molecule has 7 nitrogen and oxygen atoms in total. The van der Waals surface area contributed by atoms with E-state index in [9.17, 15) is 0 Å². The lowest BCUT2D eigenvalue weighted by atomic mass is 10.0. The molecule has 1 spiro atoms. The van der Waals surface area contributed by atoms with Crippen molar-refractivity contribution in [2.45, 2.75) is 37.6 Å². The second kappa shape index (κ2) is 6.59. The molecule has 3 aliphatic rings. The molecule has 1 aromatic heterocycles. The lowest BCUT2D eigenvalue weighted by Gasteiger charge is -2.38. The van der Waals surface area contributed by atoms with E-state index in [1.54, 1.807) is 0 Å². The maximum absolute atomic E-state index is 5.78. The highest BCUT2D eigenvalue weighted by Gasteiger charge is 2.40. The van der Waals surface area contributed by atoms with Crippen LogP contribution in [0.5, 0.6) is 0 Å². The zero-order valence-electron chi connectivity index (χ0n) is 13.4. The van der Waals surface area contributed by atoms with Crippen molar-refractivity contribution in [3.63, 3.8) is 0 Å². The number of nitrogens with one attached hydrogen (secondary N) is 1. The Balaban J connectivity index is 1.34. The number of ether oxygens (including phenoxy) is 3. The van der Waals surface area contributed by atoms with Gasteiger partial charge in [-0.1, -0.05) is 0 Å². The van der Waals surface area contributed by atoms with Crippen LogP contribution in [-0.2, 0) is 14.2 Å². The largest absolute Gasteiger partial charge is 0.376 e. The van der Waals surface area contributed by atoms with Crippen molar-refractivity contribution in [1.29, 1.82) is 0 Å². The van der Waals surface area contributed by atoms with Gasteiger partial charge in [0, 0.05) is 45.3 Å². The number of hydrogen-bond donors (Lipinski definition) is 1. The first-order valence-corrected chi connectivity index (χ1v) is 8.54. The molecule has 0 bridgehead atoms. The van der Waals surface area contributed by atoms with Crippen molar-refractivity contribution in [1.82, 2.24) is 9.97 Å². The molecule has 3 fully saturated rings. The first-order chi connectivity index (χ1) is 11.3. The number of anilines is 2. The normalized spacial score (nSPS) is 26.8. The third-order valence-corrected chi connectivity index (χ3v) is 4.82. The second-order valence-corrected chi connectivity index (χ2v) is 6.35. The monoisotopic (exact) mass is 320 g/mol. The summed E-state index contributed by atoms with van der Waals surface area (Å²) in [7, 11) is 0. The zero-order chi connectivity index (χ0) is 15.5. The smallest absolute Gasteiger partial charge is 0.224 e. The Labute approximate surface area is 136 Å². The summed E-state index contributed by atoms with van der Waals surface area (Å²) in [5.41, 5.74) is 0. The summed E-state index contributed by atoms with van der Waals surface area (Å²) in [6.45, 7) is 4.85. The van der Waals surface area contributed by atoms with Crippen LogP contribution in [0.25, 0.3) is 0 Å². The molecule has 1 unspecified atom stereocenters. The van der Waals surface area contributed by atoms with Crippen LogP contribution in [0, 0.1) is 0 Å². The highest BCUT2D eigenvalue weighted by Crippen LogP contribution is 2.32. The molecule has 0 aliphatic carbocycles. The fourth-order valence-electron chi connectivity index (χ4n) is 3.48. The average molecular weight is 320 g/mol. The van der Waals surface area contributed by atoms with Gasteiger partial charge in [-0.05, 0) is 18.9 Å². The number of nitrogens with zero attached hydrogens (tertiary/aromatic N) is 3. The third kappa shape index (κ3) is 3.41. The molecule has 7 heteroatoms. The Morgan fingerprint density at radius 2 is 2.04 bits per heavy atom. The Kier molecular flexibility index (Phi) is 4.33. The Bertz CT molecular complexity index is 520. The SMILES string of the molecule is c1cc(N2CCC3(CC2)OCCO3)nc(NCC2CCCO2)n1. The second-order valence-electron chi connectivity index (χ2n) is 6.35. The van der Waals surface area contributed by atoms with Crippen LogP contribution < -0.4 is 10.2 Å². The van der Waals surface area contributed by atoms with E-state index >= 15 is 0 Å². The maximum atomic E-state index is 5.78. The topological polar surface area (TPSA) is 68.7 Å². The van der Waals surface area contributed by atoms with E-state index in [0.717, 1.165) is 57.7 Å². The Morgan fingerprint density at radius 1 is 1.22 bits per heavy atom. The summed E-state index contributed by atoms with van der Waals surface area (Å²) >= 11 is 0. The van der Waals surface area contributed by atoms with Gasteiger partial charge in [-0.15, -0.1) is 0 Å². The highest BCUT2D eigenvalue weighted by molar-refractivity contribution is 5.43. The van der Waals surface area contributed by atoms with Gasteiger partial charge in [0.1, 0.15) is 5.82 Å². The molecule has 0 saturated carbocycles. The molecule has 1 aromatic rings. The van der Waals surface area contributed by atoms with Crippen LogP contribution in [0.3, 0.4) is 0 Å². The highest BCUT2D eigenvalue weighted by atomic mass is 16.7. The van der Waals surface area contributed by atoms with Gasteiger partial charge in [0.2, 0.25) is 5.95 Å². The third-order valence-electron chi connectivity index (χ3n) is 4.82. The van der Waals surface area contributed by atoms with Gasteiger partial charge in [-0.25, -0.2) is 4.98 Å².